The van der Waals surface area contributed by atoms with E-state index in [-0.39, 0.29) is 12.3 Å². The van der Waals surface area contributed by atoms with E-state index in [1.807, 2.05) is 0 Å². The van der Waals surface area contributed by atoms with Gasteiger partial charge >= 0.3 is 6.18 Å². The number of hydrogen-bond donors (Lipinski definition) is 2. The van der Waals surface area contributed by atoms with Gasteiger partial charge in [0.15, 0.2) is 0 Å². The van der Waals surface area contributed by atoms with E-state index >= 15 is 0 Å². The molecule has 0 aromatic carbocycles. The number of aliphatic hydroxyl groups excluding tert-OH is 1. The van der Waals surface area contributed by atoms with Crippen LogP contribution >= 0.6 is 0 Å². The van der Waals surface area contributed by atoms with E-state index in [0.717, 1.165) is 12.1 Å². The zero-order valence-corrected chi connectivity index (χ0v) is 11.3. The number of alkyl halides is 3. The number of pyridine rings is 1. The molecule has 1 heterocycles. The van der Waals surface area contributed by atoms with E-state index in [2.05, 4.69) is 10.3 Å². The van der Waals surface area contributed by atoms with Crippen molar-refractivity contribution in [1.82, 2.24) is 10.3 Å². The minimum absolute atomic E-state index is 0.113. The van der Waals surface area contributed by atoms with Crippen LogP contribution < -0.4 is 5.32 Å². The topological polar surface area (TPSA) is 62.2 Å². The number of carbonyl (C=O) groups is 1. The van der Waals surface area contributed by atoms with Gasteiger partial charge in [0.2, 0.25) is 0 Å². The molecule has 112 valence electrons. The molecule has 0 atom stereocenters. The second-order valence-corrected chi connectivity index (χ2v) is 4.53. The van der Waals surface area contributed by atoms with Crippen molar-refractivity contribution in [1.29, 1.82) is 0 Å². The Kier molecular flexibility index (Phi) is 5.10. The van der Waals surface area contributed by atoms with Crippen molar-refractivity contribution >= 4 is 5.91 Å². The number of hydrogen-bond acceptors (Lipinski definition) is 3. The molecule has 0 bridgehead atoms. The van der Waals surface area contributed by atoms with Gasteiger partial charge in [-0.15, -0.1) is 0 Å². The third-order valence-electron chi connectivity index (χ3n) is 3.36. The largest absolute Gasteiger partial charge is 0.417 e. The molecule has 1 amide bonds. The van der Waals surface area contributed by atoms with Crippen molar-refractivity contribution in [2.24, 2.45) is 0 Å². The smallest absolute Gasteiger partial charge is 0.394 e. The van der Waals surface area contributed by atoms with Gasteiger partial charge in [0.25, 0.3) is 5.91 Å². The molecule has 4 nitrogen and oxygen atoms in total. The van der Waals surface area contributed by atoms with E-state index in [1.54, 1.807) is 13.8 Å². The van der Waals surface area contributed by atoms with Crippen molar-refractivity contribution < 1.29 is 23.1 Å². The molecule has 20 heavy (non-hydrogen) atoms. The number of aromatic nitrogens is 1. The van der Waals surface area contributed by atoms with Crippen molar-refractivity contribution in [3.8, 4) is 0 Å². The molecule has 0 aliphatic heterocycles. The van der Waals surface area contributed by atoms with E-state index in [9.17, 15) is 23.1 Å². The zero-order chi connectivity index (χ0) is 15.4. The number of carbonyl (C=O) groups excluding carboxylic acids is 1. The highest BCUT2D eigenvalue weighted by atomic mass is 19.4. The van der Waals surface area contributed by atoms with Crippen LogP contribution in [0.2, 0.25) is 0 Å². The molecule has 2 N–H and O–H groups in total. The molecule has 0 spiro atoms. The number of nitrogens with one attached hydrogen (secondary N) is 1. The van der Waals surface area contributed by atoms with Crippen molar-refractivity contribution in [3.63, 3.8) is 0 Å². The van der Waals surface area contributed by atoms with Crippen LogP contribution in [-0.4, -0.2) is 28.1 Å². The molecule has 1 rings (SSSR count). The van der Waals surface area contributed by atoms with E-state index in [4.69, 9.17) is 0 Å². The number of amides is 1. The summed E-state index contributed by atoms with van der Waals surface area (Å²) in [5.74, 6) is -0.600. The monoisotopic (exact) mass is 290 g/mol. The first-order valence-electron chi connectivity index (χ1n) is 6.24. The van der Waals surface area contributed by atoms with Gasteiger partial charge in [0.05, 0.1) is 17.7 Å². The molecular formula is C13H17F3N2O2. The van der Waals surface area contributed by atoms with Gasteiger partial charge in [0.1, 0.15) is 5.69 Å². The van der Waals surface area contributed by atoms with E-state index < -0.39 is 23.2 Å². The number of halogens is 3. The first-order valence-corrected chi connectivity index (χ1v) is 6.24. The lowest BCUT2D eigenvalue weighted by atomic mass is 9.93. The minimum Gasteiger partial charge on any atom is -0.394 e. The lowest BCUT2D eigenvalue weighted by molar-refractivity contribution is -0.137. The summed E-state index contributed by atoms with van der Waals surface area (Å²) in [5.41, 5.74) is -1.80. The summed E-state index contributed by atoms with van der Waals surface area (Å²) in [7, 11) is 0. The van der Waals surface area contributed by atoms with Crippen molar-refractivity contribution in [3.05, 3.63) is 29.6 Å². The third kappa shape index (κ3) is 3.69. The average Bonchev–Trinajstić information content (AvgIpc) is 2.44. The molecular weight excluding hydrogens is 273 g/mol. The summed E-state index contributed by atoms with van der Waals surface area (Å²) in [4.78, 5) is 15.5. The fourth-order valence-corrected chi connectivity index (χ4v) is 1.69. The highest BCUT2D eigenvalue weighted by Crippen LogP contribution is 2.28. The lowest BCUT2D eigenvalue weighted by Crippen LogP contribution is -2.50. The molecule has 0 unspecified atom stereocenters. The van der Waals surface area contributed by atoms with Crippen molar-refractivity contribution in [2.45, 2.75) is 38.4 Å². The zero-order valence-electron chi connectivity index (χ0n) is 11.3. The van der Waals surface area contributed by atoms with Gasteiger partial charge in [-0.3, -0.25) is 9.78 Å². The number of aliphatic hydroxyl groups is 1. The Morgan fingerprint density at radius 2 is 1.90 bits per heavy atom. The van der Waals surface area contributed by atoms with Crippen molar-refractivity contribution in [2.75, 3.05) is 6.61 Å². The van der Waals surface area contributed by atoms with Crippen LogP contribution in [-0.2, 0) is 6.18 Å². The Morgan fingerprint density at radius 1 is 1.30 bits per heavy atom. The average molecular weight is 290 g/mol. The quantitative estimate of drug-likeness (QED) is 0.875. The Labute approximate surface area is 115 Å². The summed E-state index contributed by atoms with van der Waals surface area (Å²) >= 11 is 0. The molecule has 1 aromatic heterocycles. The van der Waals surface area contributed by atoms with Gasteiger partial charge in [-0.1, -0.05) is 13.8 Å². The van der Waals surface area contributed by atoms with Crippen LogP contribution in [0.3, 0.4) is 0 Å². The molecule has 0 aliphatic rings. The highest BCUT2D eigenvalue weighted by molar-refractivity contribution is 5.92. The van der Waals surface area contributed by atoms with E-state index in [1.165, 1.54) is 0 Å². The second-order valence-electron chi connectivity index (χ2n) is 4.53. The predicted octanol–water partition coefficient (Wildman–Crippen LogP) is 2.38. The van der Waals surface area contributed by atoms with Gasteiger partial charge < -0.3 is 10.4 Å². The normalized spacial score (nSPS) is 12.3. The first kappa shape index (κ1) is 16.4. The first-order chi connectivity index (χ1) is 9.28. The maximum absolute atomic E-state index is 12.4. The van der Waals surface area contributed by atoms with Crippen LogP contribution in [0.5, 0.6) is 0 Å². The molecule has 0 fully saturated rings. The fourth-order valence-electron chi connectivity index (χ4n) is 1.69. The number of nitrogens with zero attached hydrogens (tertiary/aromatic N) is 1. The van der Waals surface area contributed by atoms with Gasteiger partial charge in [0, 0.05) is 6.20 Å². The summed E-state index contributed by atoms with van der Waals surface area (Å²) in [6.07, 6.45) is -2.85. The fraction of sp³-hybridized carbons (Fsp3) is 0.538. The Morgan fingerprint density at radius 3 is 2.25 bits per heavy atom. The molecule has 0 radical (unpaired) electrons. The minimum atomic E-state index is -4.48. The van der Waals surface area contributed by atoms with E-state index in [0.29, 0.717) is 19.0 Å². The molecule has 0 aliphatic carbocycles. The predicted molar refractivity (Wildman–Crippen MR) is 67.1 cm³/mol. The summed E-state index contributed by atoms with van der Waals surface area (Å²) < 4.78 is 37.1. The second kappa shape index (κ2) is 6.21. The molecule has 7 heteroatoms. The third-order valence-corrected chi connectivity index (χ3v) is 3.36. The highest BCUT2D eigenvalue weighted by Gasteiger charge is 2.32. The lowest BCUT2D eigenvalue weighted by Gasteiger charge is -2.30. The molecule has 0 saturated carbocycles. The molecule has 1 aromatic rings. The molecule has 0 saturated heterocycles. The summed E-state index contributed by atoms with van der Waals surface area (Å²) in [5, 5.41) is 12.0. The van der Waals surface area contributed by atoms with Crippen LogP contribution in [0.4, 0.5) is 13.2 Å². The van der Waals surface area contributed by atoms with Crippen LogP contribution in [0, 0.1) is 0 Å². The summed E-state index contributed by atoms with van der Waals surface area (Å²) in [6, 6.07) is 1.83. The van der Waals surface area contributed by atoms with Crippen LogP contribution in [0.15, 0.2) is 18.3 Å². The van der Waals surface area contributed by atoms with Gasteiger partial charge in [-0.2, -0.15) is 13.2 Å². The maximum atomic E-state index is 12.4. The van der Waals surface area contributed by atoms with Gasteiger partial charge in [-0.05, 0) is 25.0 Å². The summed E-state index contributed by atoms with van der Waals surface area (Å²) in [6.45, 7) is 3.37. The SMILES string of the molecule is CCC(CC)(CO)NC(=O)c1ccc(C(F)(F)F)cn1. The van der Waals surface area contributed by atoms with Crippen LogP contribution in [0.25, 0.3) is 0 Å². The Hall–Kier alpha value is -1.63. The Balaban J connectivity index is 2.88. The number of rotatable bonds is 5. The van der Waals surface area contributed by atoms with Crippen LogP contribution in [0.1, 0.15) is 42.7 Å². The maximum Gasteiger partial charge on any atom is 0.417 e. The Bertz CT molecular complexity index is 445. The van der Waals surface area contributed by atoms with Gasteiger partial charge in [-0.25, -0.2) is 0 Å². The standard InChI is InChI=1S/C13H17F3N2O2/c1-3-12(4-2,8-19)18-11(20)10-6-5-9(7-17-10)13(14,15)16/h5-7,19H,3-4,8H2,1-2H3,(H,18,20).